The van der Waals surface area contributed by atoms with Crippen molar-refractivity contribution >= 4 is 11.8 Å². The number of piperazine rings is 1. The van der Waals surface area contributed by atoms with Crippen LogP contribution in [0.4, 0.5) is 0 Å². The Labute approximate surface area is 100 Å². The van der Waals surface area contributed by atoms with Gasteiger partial charge in [-0.3, -0.25) is 9.59 Å². The van der Waals surface area contributed by atoms with Crippen molar-refractivity contribution in [3.05, 3.63) is 35.9 Å². The van der Waals surface area contributed by atoms with Crippen LogP contribution in [-0.4, -0.2) is 17.9 Å². The molecule has 0 bridgehead atoms. The Morgan fingerprint density at radius 1 is 1.00 bits per heavy atom. The van der Waals surface area contributed by atoms with Gasteiger partial charge in [-0.25, -0.2) is 0 Å². The van der Waals surface area contributed by atoms with E-state index in [4.69, 9.17) is 0 Å². The smallest absolute Gasteiger partial charge is 0.247 e. The van der Waals surface area contributed by atoms with E-state index >= 15 is 0 Å². The number of hydrogen-bond donors (Lipinski definition) is 2. The van der Waals surface area contributed by atoms with Crippen molar-refractivity contribution in [3.8, 4) is 0 Å². The lowest BCUT2D eigenvalue weighted by atomic mass is 9.97. The van der Waals surface area contributed by atoms with Crippen molar-refractivity contribution < 1.29 is 9.59 Å². The first-order chi connectivity index (χ1) is 8.09. The van der Waals surface area contributed by atoms with Gasteiger partial charge in [-0.15, -0.1) is 0 Å². The molecule has 2 amide bonds. The maximum atomic E-state index is 11.9. The Kier molecular flexibility index (Phi) is 3.13. The highest BCUT2D eigenvalue weighted by atomic mass is 16.2. The molecule has 1 aromatic carbocycles. The fourth-order valence-electron chi connectivity index (χ4n) is 1.95. The summed E-state index contributed by atoms with van der Waals surface area (Å²) in [4.78, 5) is 23.8. The molecule has 4 heteroatoms. The minimum atomic E-state index is -0.571. The molecular formula is C13H16N2O2. The average molecular weight is 232 g/mol. The third-order valence-electron chi connectivity index (χ3n) is 2.93. The van der Waals surface area contributed by atoms with Crippen LogP contribution in [-0.2, 0) is 9.59 Å². The molecule has 90 valence electrons. The van der Waals surface area contributed by atoms with Crippen molar-refractivity contribution in [1.29, 1.82) is 0 Å². The third kappa shape index (κ3) is 2.30. The van der Waals surface area contributed by atoms with E-state index in [2.05, 4.69) is 10.6 Å². The number of carbonyl (C=O) groups excluding carboxylic acids is 2. The Hall–Kier alpha value is -1.84. The van der Waals surface area contributed by atoms with Gasteiger partial charge in [0.05, 0.1) is 0 Å². The Balaban J connectivity index is 2.19. The maximum absolute atomic E-state index is 11.9. The zero-order valence-electron chi connectivity index (χ0n) is 9.94. The van der Waals surface area contributed by atoms with Gasteiger partial charge >= 0.3 is 0 Å². The molecule has 1 fully saturated rings. The molecule has 1 aliphatic heterocycles. The number of benzene rings is 1. The minimum Gasteiger partial charge on any atom is -0.342 e. The average Bonchev–Trinajstić information content (AvgIpc) is 2.32. The van der Waals surface area contributed by atoms with Gasteiger partial charge in [0.15, 0.2) is 0 Å². The molecule has 1 heterocycles. The van der Waals surface area contributed by atoms with Gasteiger partial charge in [0.25, 0.3) is 0 Å². The lowest BCUT2D eigenvalue weighted by molar-refractivity contribution is -0.138. The van der Waals surface area contributed by atoms with E-state index in [1.807, 2.05) is 44.2 Å². The van der Waals surface area contributed by atoms with Gasteiger partial charge in [-0.1, -0.05) is 44.2 Å². The lowest BCUT2D eigenvalue weighted by Gasteiger charge is -2.31. The van der Waals surface area contributed by atoms with Gasteiger partial charge in [-0.2, -0.15) is 0 Å². The second-order valence-electron chi connectivity index (χ2n) is 4.58. The van der Waals surface area contributed by atoms with Gasteiger partial charge in [0, 0.05) is 0 Å². The second kappa shape index (κ2) is 4.57. The van der Waals surface area contributed by atoms with E-state index in [1.54, 1.807) is 0 Å². The van der Waals surface area contributed by atoms with Gasteiger partial charge in [0.2, 0.25) is 11.8 Å². The quantitative estimate of drug-likeness (QED) is 0.799. The van der Waals surface area contributed by atoms with Crippen molar-refractivity contribution in [1.82, 2.24) is 10.6 Å². The molecule has 2 rings (SSSR count). The highest BCUT2D eigenvalue weighted by molar-refractivity contribution is 5.97. The Morgan fingerprint density at radius 2 is 1.65 bits per heavy atom. The summed E-state index contributed by atoms with van der Waals surface area (Å²) in [5, 5.41) is 5.53. The molecular weight excluding hydrogens is 216 g/mol. The molecule has 0 saturated carbocycles. The van der Waals surface area contributed by atoms with Crippen LogP contribution in [0, 0.1) is 5.92 Å². The molecule has 2 atom stereocenters. The van der Waals surface area contributed by atoms with E-state index in [-0.39, 0.29) is 17.7 Å². The van der Waals surface area contributed by atoms with Gasteiger partial charge in [-0.05, 0) is 11.5 Å². The van der Waals surface area contributed by atoms with Crippen LogP contribution < -0.4 is 10.6 Å². The van der Waals surface area contributed by atoms with E-state index in [9.17, 15) is 9.59 Å². The van der Waals surface area contributed by atoms with Crippen LogP contribution >= 0.6 is 0 Å². The van der Waals surface area contributed by atoms with Crippen LogP contribution in [0.25, 0.3) is 0 Å². The SMILES string of the molecule is CC(C)C1NC(=O)[C@H](c2ccccc2)NC1=O. The van der Waals surface area contributed by atoms with Crippen molar-refractivity contribution in [2.45, 2.75) is 25.9 Å². The predicted octanol–water partition coefficient (Wildman–Crippen LogP) is 0.998. The monoisotopic (exact) mass is 232 g/mol. The molecule has 1 saturated heterocycles. The minimum absolute atomic E-state index is 0.0932. The molecule has 1 unspecified atom stereocenters. The molecule has 0 aromatic heterocycles. The van der Waals surface area contributed by atoms with Crippen molar-refractivity contribution in [2.24, 2.45) is 5.92 Å². The largest absolute Gasteiger partial charge is 0.342 e. The van der Waals surface area contributed by atoms with Crippen LogP contribution in [0.3, 0.4) is 0 Å². The Bertz CT molecular complexity index is 428. The first-order valence-corrected chi connectivity index (χ1v) is 5.75. The topological polar surface area (TPSA) is 58.2 Å². The number of hydrogen-bond acceptors (Lipinski definition) is 2. The normalized spacial score (nSPS) is 24.4. The zero-order chi connectivity index (χ0) is 12.4. The molecule has 2 N–H and O–H groups in total. The van der Waals surface area contributed by atoms with E-state index < -0.39 is 12.1 Å². The summed E-state index contributed by atoms with van der Waals surface area (Å²) >= 11 is 0. The second-order valence-corrected chi connectivity index (χ2v) is 4.58. The number of nitrogens with one attached hydrogen (secondary N) is 2. The summed E-state index contributed by atoms with van der Waals surface area (Å²) in [7, 11) is 0. The molecule has 1 aromatic rings. The third-order valence-corrected chi connectivity index (χ3v) is 2.93. The Morgan fingerprint density at radius 3 is 2.24 bits per heavy atom. The fourth-order valence-corrected chi connectivity index (χ4v) is 1.95. The summed E-state index contributed by atoms with van der Waals surface area (Å²) in [6.45, 7) is 3.82. The first kappa shape index (κ1) is 11.6. The van der Waals surface area contributed by atoms with Crippen LogP contribution in [0.2, 0.25) is 0 Å². The molecule has 0 spiro atoms. The summed E-state index contributed by atoms with van der Waals surface area (Å²) in [5.74, 6) is -0.168. The summed E-state index contributed by atoms with van der Waals surface area (Å²) in [5.41, 5.74) is 0.806. The van der Waals surface area contributed by atoms with E-state index in [0.29, 0.717) is 0 Å². The molecule has 0 radical (unpaired) electrons. The van der Waals surface area contributed by atoms with E-state index in [1.165, 1.54) is 0 Å². The molecule has 17 heavy (non-hydrogen) atoms. The highest BCUT2D eigenvalue weighted by Gasteiger charge is 2.35. The summed E-state index contributed by atoms with van der Waals surface area (Å²) in [6, 6.07) is 8.25. The fraction of sp³-hybridized carbons (Fsp3) is 0.385. The lowest BCUT2D eigenvalue weighted by Crippen LogP contribution is -2.59. The van der Waals surface area contributed by atoms with Gasteiger partial charge < -0.3 is 10.6 Å². The maximum Gasteiger partial charge on any atom is 0.247 e. The first-order valence-electron chi connectivity index (χ1n) is 5.75. The number of amides is 2. The predicted molar refractivity (Wildman–Crippen MR) is 64.1 cm³/mol. The number of carbonyl (C=O) groups is 2. The van der Waals surface area contributed by atoms with Crippen molar-refractivity contribution in [2.75, 3.05) is 0 Å². The van der Waals surface area contributed by atoms with Gasteiger partial charge in [0.1, 0.15) is 12.1 Å². The van der Waals surface area contributed by atoms with Crippen LogP contribution in [0.5, 0.6) is 0 Å². The standard InChI is InChI=1S/C13H16N2O2/c1-8(2)10-12(16)15-11(13(17)14-10)9-6-4-3-5-7-9/h3-8,10-11H,1-2H3,(H,14,17)(H,15,16)/t10?,11-/m0/s1. The van der Waals surface area contributed by atoms with Crippen LogP contribution in [0.15, 0.2) is 30.3 Å². The van der Waals surface area contributed by atoms with E-state index in [0.717, 1.165) is 5.56 Å². The summed E-state index contributed by atoms with van der Waals surface area (Å²) < 4.78 is 0. The summed E-state index contributed by atoms with van der Waals surface area (Å²) in [6.07, 6.45) is 0. The zero-order valence-corrected chi connectivity index (χ0v) is 9.94. The molecule has 0 aliphatic carbocycles. The molecule has 1 aliphatic rings. The molecule has 4 nitrogen and oxygen atoms in total. The van der Waals surface area contributed by atoms with Crippen LogP contribution in [0.1, 0.15) is 25.5 Å². The highest BCUT2D eigenvalue weighted by Crippen LogP contribution is 2.18. The number of rotatable bonds is 2. The van der Waals surface area contributed by atoms with Crippen molar-refractivity contribution in [3.63, 3.8) is 0 Å².